The molecular formula is C26H22N4. The Morgan fingerprint density at radius 2 is 0.833 bits per heavy atom. The van der Waals surface area contributed by atoms with Crippen LogP contribution in [0.15, 0.2) is 85.2 Å². The minimum Gasteiger partial charge on any atom is -0.399 e. The summed E-state index contributed by atoms with van der Waals surface area (Å²) in [5.74, 6) is 0. The molecule has 4 nitrogen and oxygen atoms in total. The maximum absolute atomic E-state index is 5.74. The Labute approximate surface area is 176 Å². The predicted molar refractivity (Wildman–Crippen MR) is 127 cm³/mol. The molecule has 0 radical (unpaired) electrons. The largest absolute Gasteiger partial charge is 0.399 e. The van der Waals surface area contributed by atoms with E-state index in [1.54, 1.807) is 12.4 Å². The van der Waals surface area contributed by atoms with Crippen molar-refractivity contribution in [1.82, 2.24) is 9.97 Å². The lowest BCUT2D eigenvalue weighted by atomic mass is 10.1. The maximum atomic E-state index is 5.74. The van der Waals surface area contributed by atoms with E-state index in [1.807, 2.05) is 72.8 Å². The summed E-state index contributed by atoms with van der Waals surface area (Å²) >= 11 is 0. The second kappa shape index (κ2) is 8.88. The van der Waals surface area contributed by atoms with Gasteiger partial charge in [-0.05, 0) is 70.8 Å². The van der Waals surface area contributed by atoms with Gasteiger partial charge in [-0.15, -0.1) is 0 Å². The maximum Gasteiger partial charge on any atom is 0.0892 e. The van der Waals surface area contributed by atoms with Gasteiger partial charge in [0.25, 0.3) is 0 Å². The van der Waals surface area contributed by atoms with Crippen LogP contribution in [0, 0.1) is 0 Å². The van der Waals surface area contributed by atoms with E-state index in [2.05, 4.69) is 34.3 Å². The summed E-state index contributed by atoms with van der Waals surface area (Å²) in [6.07, 6.45) is 11.8. The first kappa shape index (κ1) is 19.2. The van der Waals surface area contributed by atoms with Crippen molar-refractivity contribution in [3.05, 3.63) is 107 Å². The smallest absolute Gasteiger partial charge is 0.0892 e. The molecule has 0 atom stereocenters. The number of nitrogen functional groups attached to an aromatic ring is 2. The normalized spacial score (nSPS) is 11.3. The Morgan fingerprint density at radius 3 is 1.23 bits per heavy atom. The van der Waals surface area contributed by atoms with Gasteiger partial charge < -0.3 is 11.5 Å². The van der Waals surface area contributed by atoms with Crippen LogP contribution < -0.4 is 11.5 Å². The lowest BCUT2D eigenvalue weighted by molar-refractivity contribution is 1.24. The number of benzene rings is 2. The zero-order valence-electron chi connectivity index (χ0n) is 16.4. The summed E-state index contributed by atoms with van der Waals surface area (Å²) < 4.78 is 0. The van der Waals surface area contributed by atoms with Crippen molar-refractivity contribution >= 4 is 35.7 Å². The third-order valence-electron chi connectivity index (χ3n) is 4.64. The van der Waals surface area contributed by atoms with Crippen LogP contribution in [0.3, 0.4) is 0 Å². The predicted octanol–water partition coefficient (Wildman–Crippen LogP) is 5.65. The van der Waals surface area contributed by atoms with E-state index in [9.17, 15) is 0 Å². The molecule has 2 aromatic heterocycles. The third-order valence-corrected chi connectivity index (χ3v) is 4.64. The molecule has 0 spiro atoms. The Kier molecular flexibility index (Phi) is 5.67. The van der Waals surface area contributed by atoms with Crippen LogP contribution in [-0.4, -0.2) is 9.97 Å². The van der Waals surface area contributed by atoms with E-state index in [0.29, 0.717) is 0 Å². The number of hydrogen-bond donors (Lipinski definition) is 2. The highest BCUT2D eigenvalue weighted by atomic mass is 14.8. The van der Waals surface area contributed by atoms with Crippen LogP contribution in [0.5, 0.6) is 0 Å². The molecule has 4 rings (SSSR count). The van der Waals surface area contributed by atoms with Gasteiger partial charge in [0, 0.05) is 23.8 Å². The summed E-state index contributed by atoms with van der Waals surface area (Å²) in [5, 5.41) is 0. The van der Waals surface area contributed by atoms with Gasteiger partial charge in [-0.1, -0.05) is 48.6 Å². The molecule has 0 aliphatic carbocycles. The molecule has 0 amide bonds. The molecule has 4 heteroatoms. The molecule has 4 N–H and O–H groups in total. The van der Waals surface area contributed by atoms with Crippen molar-refractivity contribution in [3.8, 4) is 11.4 Å². The molecule has 0 saturated carbocycles. The third kappa shape index (κ3) is 5.00. The van der Waals surface area contributed by atoms with Crippen molar-refractivity contribution < 1.29 is 0 Å². The second-order valence-electron chi connectivity index (χ2n) is 6.95. The lowest BCUT2D eigenvalue weighted by Crippen LogP contribution is -1.89. The van der Waals surface area contributed by atoms with E-state index < -0.39 is 0 Å². The van der Waals surface area contributed by atoms with Crippen LogP contribution in [0.1, 0.15) is 22.3 Å². The summed E-state index contributed by atoms with van der Waals surface area (Å²) in [7, 11) is 0. The van der Waals surface area contributed by atoms with E-state index in [1.165, 1.54) is 0 Å². The van der Waals surface area contributed by atoms with Crippen LogP contribution in [0.4, 0.5) is 11.4 Å². The zero-order valence-corrected chi connectivity index (χ0v) is 16.4. The van der Waals surface area contributed by atoms with Crippen molar-refractivity contribution in [2.24, 2.45) is 0 Å². The van der Waals surface area contributed by atoms with Gasteiger partial charge in [-0.3, -0.25) is 9.97 Å². The monoisotopic (exact) mass is 390 g/mol. The molecule has 30 heavy (non-hydrogen) atoms. The zero-order chi connectivity index (χ0) is 20.8. The number of nitrogens with two attached hydrogens (primary N) is 2. The number of hydrogen-bond acceptors (Lipinski definition) is 4. The van der Waals surface area contributed by atoms with Crippen LogP contribution in [-0.2, 0) is 0 Å². The molecule has 0 saturated heterocycles. The fourth-order valence-electron chi connectivity index (χ4n) is 2.98. The molecule has 0 unspecified atom stereocenters. The molecule has 0 aliphatic heterocycles. The average molecular weight is 390 g/mol. The van der Waals surface area contributed by atoms with Crippen molar-refractivity contribution in [2.45, 2.75) is 0 Å². The van der Waals surface area contributed by atoms with Gasteiger partial charge in [0.15, 0.2) is 0 Å². The minimum atomic E-state index is 0.759. The van der Waals surface area contributed by atoms with Crippen LogP contribution >= 0.6 is 0 Å². The molecule has 2 aromatic carbocycles. The van der Waals surface area contributed by atoms with E-state index in [0.717, 1.165) is 45.0 Å². The van der Waals surface area contributed by atoms with Crippen molar-refractivity contribution in [1.29, 1.82) is 0 Å². The fraction of sp³-hybridized carbons (Fsp3) is 0. The Hall–Kier alpha value is -4.18. The molecule has 4 aromatic rings. The Morgan fingerprint density at radius 1 is 0.467 bits per heavy atom. The molecule has 0 fully saturated rings. The fourth-order valence-corrected chi connectivity index (χ4v) is 2.98. The molecule has 0 aliphatic rings. The van der Waals surface area contributed by atoms with Gasteiger partial charge in [-0.2, -0.15) is 0 Å². The van der Waals surface area contributed by atoms with Gasteiger partial charge in [-0.25, -0.2) is 0 Å². The highest BCUT2D eigenvalue weighted by molar-refractivity contribution is 5.74. The first-order valence-electron chi connectivity index (χ1n) is 9.65. The van der Waals surface area contributed by atoms with Gasteiger partial charge in [0.1, 0.15) is 0 Å². The first-order chi connectivity index (χ1) is 14.7. The Bertz CT molecular complexity index is 1090. The number of pyridine rings is 2. The average Bonchev–Trinajstić information content (AvgIpc) is 2.79. The molecule has 2 heterocycles. The minimum absolute atomic E-state index is 0.759. The number of anilines is 2. The van der Waals surface area contributed by atoms with Crippen LogP contribution in [0.25, 0.3) is 35.7 Å². The highest BCUT2D eigenvalue weighted by Gasteiger charge is 2.02. The van der Waals surface area contributed by atoms with Crippen LogP contribution in [0.2, 0.25) is 0 Å². The lowest BCUT2D eigenvalue weighted by Gasteiger charge is -2.03. The Balaban J connectivity index is 1.54. The van der Waals surface area contributed by atoms with Gasteiger partial charge in [0.2, 0.25) is 0 Å². The highest BCUT2D eigenvalue weighted by Crippen LogP contribution is 2.20. The molecular weight excluding hydrogens is 368 g/mol. The standard InChI is InChI=1S/C26H22N4/c27-23-9-5-19(6-10-23)1-3-21-13-15-29-25(17-21)26-18-22(14-16-30-26)4-2-20-7-11-24(28)12-8-20/h1-18H,27-28H2/b3-1+,4-2+. The van der Waals surface area contributed by atoms with E-state index >= 15 is 0 Å². The summed E-state index contributed by atoms with van der Waals surface area (Å²) in [5.41, 5.74) is 19.0. The summed E-state index contributed by atoms with van der Waals surface area (Å²) in [6, 6.07) is 23.6. The van der Waals surface area contributed by atoms with E-state index in [-0.39, 0.29) is 0 Å². The molecule has 146 valence electrons. The van der Waals surface area contributed by atoms with E-state index in [4.69, 9.17) is 11.5 Å². The van der Waals surface area contributed by atoms with Crippen molar-refractivity contribution in [3.63, 3.8) is 0 Å². The molecule has 0 bridgehead atoms. The topological polar surface area (TPSA) is 77.8 Å². The van der Waals surface area contributed by atoms with Gasteiger partial charge >= 0.3 is 0 Å². The second-order valence-corrected chi connectivity index (χ2v) is 6.95. The quantitative estimate of drug-likeness (QED) is 0.432. The van der Waals surface area contributed by atoms with Crippen molar-refractivity contribution in [2.75, 3.05) is 11.5 Å². The van der Waals surface area contributed by atoms with Gasteiger partial charge in [0.05, 0.1) is 11.4 Å². The SMILES string of the molecule is Nc1ccc(/C=C/c2ccnc(-c3cc(/C=C/c4ccc(N)cc4)ccn3)c2)cc1. The first-order valence-corrected chi connectivity index (χ1v) is 9.65. The number of rotatable bonds is 5. The number of nitrogens with zero attached hydrogens (tertiary/aromatic N) is 2. The summed E-state index contributed by atoms with van der Waals surface area (Å²) in [6.45, 7) is 0. The number of aromatic nitrogens is 2. The summed E-state index contributed by atoms with van der Waals surface area (Å²) in [4.78, 5) is 8.99.